The zero-order valence-corrected chi connectivity index (χ0v) is 11.5. The van der Waals surface area contributed by atoms with Crippen molar-refractivity contribution >= 4 is 27.7 Å². The Morgan fingerprint density at radius 2 is 2.00 bits per heavy atom. The van der Waals surface area contributed by atoms with Gasteiger partial charge in [-0.1, -0.05) is 15.9 Å². The van der Waals surface area contributed by atoms with Crippen molar-refractivity contribution in [1.29, 1.82) is 0 Å². The van der Waals surface area contributed by atoms with Crippen molar-refractivity contribution in [3.05, 3.63) is 29.3 Å². The predicted molar refractivity (Wildman–Crippen MR) is 68.3 cm³/mol. The lowest BCUT2D eigenvalue weighted by Crippen LogP contribution is -2.18. The number of carbonyl (C=O) groups excluding carboxylic acids is 1. The monoisotopic (exact) mass is 316 g/mol. The Kier molecular flexibility index (Phi) is 4.86. The van der Waals surface area contributed by atoms with Crippen molar-refractivity contribution in [1.82, 2.24) is 0 Å². The first-order chi connectivity index (χ1) is 8.38. The third-order valence-corrected chi connectivity index (χ3v) is 2.83. The minimum absolute atomic E-state index is 0.0261. The molecule has 1 rings (SSSR count). The average Bonchev–Trinajstić information content (AvgIpc) is 2.35. The Bertz CT molecular complexity index is 470. The van der Waals surface area contributed by atoms with E-state index in [0.717, 1.165) is 0 Å². The van der Waals surface area contributed by atoms with E-state index in [9.17, 15) is 14.7 Å². The topological polar surface area (TPSA) is 83.8 Å². The number of benzene rings is 1. The molecule has 0 radical (unpaired) electrons. The van der Waals surface area contributed by atoms with Gasteiger partial charge in [-0.15, -0.1) is 0 Å². The van der Waals surface area contributed by atoms with E-state index < -0.39 is 16.9 Å². The molecule has 18 heavy (non-hydrogen) atoms. The van der Waals surface area contributed by atoms with Crippen LogP contribution in [0.25, 0.3) is 0 Å². The SMILES string of the molecule is COc1ccc(C(=O)C(C)Br)c(C(O)C(=O)O)c1. The molecule has 0 spiro atoms. The second-order valence-corrected chi connectivity index (χ2v) is 5.05. The summed E-state index contributed by atoms with van der Waals surface area (Å²) in [5.41, 5.74) is 0.188. The number of Topliss-reactive ketones (excluding diaryl/α,β-unsaturated/α-hetero) is 1. The fourth-order valence-electron chi connectivity index (χ4n) is 1.47. The number of ketones is 1. The van der Waals surface area contributed by atoms with Crippen molar-refractivity contribution in [2.24, 2.45) is 0 Å². The first kappa shape index (κ1) is 14.7. The number of hydrogen-bond donors (Lipinski definition) is 2. The lowest BCUT2D eigenvalue weighted by molar-refractivity contribution is -0.146. The van der Waals surface area contributed by atoms with Crippen molar-refractivity contribution in [2.45, 2.75) is 17.9 Å². The second kappa shape index (κ2) is 5.97. The summed E-state index contributed by atoms with van der Waals surface area (Å²) < 4.78 is 4.95. The number of hydrogen-bond acceptors (Lipinski definition) is 4. The Balaban J connectivity index is 3.33. The zero-order valence-electron chi connectivity index (χ0n) is 9.88. The van der Waals surface area contributed by atoms with Gasteiger partial charge in [0.05, 0.1) is 11.9 Å². The zero-order chi connectivity index (χ0) is 13.9. The quantitative estimate of drug-likeness (QED) is 0.639. The minimum atomic E-state index is -1.76. The molecule has 1 aromatic rings. The third kappa shape index (κ3) is 3.08. The Labute approximate surface area is 113 Å². The van der Waals surface area contributed by atoms with Crippen LogP contribution in [0.3, 0.4) is 0 Å². The smallest absolute Gasteiger partial charge is 0.337 e. The molecule has 6 heteroatoms. The maximum Gasteiger partial charge on any atom is 0.337 e. The summed E-state index contributed by atoms with van der Waals surface area (Å²) in [6, 6.07) is 4.34. The highest BCUT2D eigenvalue weighted by atomic mass is 79.9. The molecule has 1 aromatic carbocycles. The van der Waals surface area contributed by atoms with E-state index in [1.807, 2.05) is 0 Å². The van der Waals surface area contributed by atoms with Gasteiger partial charge in [-0.3, -0.25) is 4.79 Å². The van der Waals surface area contributed by atoms with Crippen LogP contribution in [0.1, 0.15) is 28.9 Å². The van der Waals surface area contributed by atoms with E-state index in [2.05, 4.69) is 15.9 Å². The highest BCUT2D eigenvalue weighted by Gasteiger charge is 2.25. The van der Waals surface area contributed by atoms with Gasteiger partial charge in [-0.05, 0) is 25.1 Å². The van der Waals surface area contributed by atoms with Gasteiger partial charge in [0, 0.05) is 11.1 Å². The fourth-order valence-corrected chi connectivity index (χ4v) is 1.71. The van der Waals surface area contributed by atoms with Crippen molar-refractivity contribution in [3.63, 3.8) is 0 Å². The molecule has 5 nitrogen and oxygen atoms in total. The summed E-state index contributed by atoms with van der Waals surface area (Å²) in [5, 5.41) is 18.4. The van der Waals surface area contributed by atoms with Gasteiger partial charge in [0.15, 0.2) is 11.9 Å². The van der Waals surface area contributed by atoms with E-state index in [1.165, 1.54) is 19.2 Å². The normalized spacial score (nSPS) is 13.8. The van der Waals surface area contributed by atoms with Crippen LogP contribution in [0.4, 0.5) is 0 Å². The number of alkyl halides is 1. The predicted octanol–water partition coefficient (Wildman–Crippen LogP) is 1.78. The standard InChI is InChI=1S/C12H13BrO5/c1-6(13)10(14)8-4-3-7(18-2)5-9(8)11(15)12(16)17/h3-6,11,15H,1-2H3,(H,16,17). The number of rotatable bonds is 5. The molecule has 98 valence electrons. The number of carbonyl (C=O) groups is 2. The van der Waals surface area contributed by atoms with Crippen LogP contribution in [0, 0.1) is 0 Å². The van der Waals surface area contributed by atoms with Crippen LogP contribution in [-0.2, 0) is 4.79 Å². The summed E-state index contributed by atoms with van der Waals surface area (Å²) in [4.78, 5) is 22.3. The van der Waals surface area contributed by atoms with Crippen molar-refractivity contribution in [3.8, 4) is 5.75 Å². The molecule has 0 bridgehead atoms. The van der Waals surface area contributed by atoms with Crippen LogP contribution in [0.15, 0.2) is 18.2 Å². The van der Waals surface area contributed by atoms with Crippen molar-refractivity contribution < 1.29 is 24.5 Å². The van der Waals surface area contributed by atoms with E-state index in [4.69, 9.17) is 9.84 Å². The molecule has 0 aliphatic carbocycles. The number of ether oxygens (including phenoxy) is 1. The molecule has 0 aliphatic rings. The number of aliphatic carboxylic acids is 1. The summed E-state index contributed by atoms with van der Waals surface area (Å²) in [7, 11) is 1.42. The highest BCUT2D eigenvalue weighted by Crippen LogP contribution is 2.26. The van der Waals surface area contributed by atoms with E-state index >= 15 is 0 Å². The lowest BCUT2D eigenvalue weighted by Gasteiger charge is -2.14. The molecule has 0 aliphatic heterocycles. The summed E-state index contributed by atoms with van der Waals surface area (Å²) in [6.07, 6.45) is -1.76. The minimum Gasteiger partial charge on any atom is -0.497 e. The maximum absolute atomic E-state index is 11.9. The molecule has 2 unspecified atom stereocenters. The number of carboxylic acid groups (broad SMARTS) is 1. The summed E-state index contributed by atoms with van der Waals surface area (Å²) >= 11 is 3.12. The second-order valence-electron chi connectivity index (χ2n) is 3.67. The van der Waals surface area contributed by atoms with Gasteiger partial charge in [0.1, 0.15) is 5.75 Å². The average molecular weight is 317 g/mol. The molecule has 0 amide bonds. The molecule has 0 saturated carbocycles. The molecular formula is C12H13BrO5. The molecular weight excluding hydrogens is 304 g/mol. The molecule has 0 aromatic heterocycles. The summed E-state index contributed by atoms with van der Waals surface area (Å²) in [5.74, 6) is -1.34. The molecule has 0 fully saturated rings. The van der Waals surface area contributed by atoms with Crippen LogP contribution in [0.2, 0.25) is 0 Å². The maximum atomic E-state index is 11.9. The fraction of sp³-hybridized carbons (Fsp3) is 0.333. The Morgan fingerprint density at radius 1 is 1.39 bits per heavy atom. The largest absolute Gasteiger partial charge is 0.497 e. The van der Waals surface area contributed by atoms with E-state index in [-0.39, 0.29) is 16.9 Å². The Hall–Kier alpha value is -1.40. The number of carboxylic acids is 1. The summed E-state index contributed by atoms with van der Waals surface area (Å²) in [6.45, 7) is 1.63. The van der Waals surface area contributed by atoms with Crippen LogP contribution < -0.4 is 4.74 Å². The Morgan fingerprint density at radius 3 is 2.44 bits per heavy atom. The third-order valence-electron chi connectivity index (χ3n) is 2.41. The van der Waals surface area contributed by atoms with Gasteiger partial charge < -0.3 is 14.9 Å². The molecule has 0 saturated heterocycles. The van der Waals surface area contributed by atoms with Gasteiger partial charge in [0.2, 0.25) is 0 Å². The van der Waals surface area contributed by atoms with Crippen LogP contribution in [-0.4, -0.2) is 33.9 Å². The number of methoxy groups -OCH3 is 1. The molecule has 2 N–H and O–H groups in total. The number of aliphatic hydroxyl groups excluding tert-OH is 1. The van der Waals surface area contributed by atoms with Gasteiger partial charge >= 0.3 is 5.97 Å². The molecule has 2 atom stereocenters. The van der Waals surface area contributed by atoms with Gasteiger partial charge in [-0.25, -0.2) is 4.79 Å². The van der Waals surface area contributed by atoms with Crippen LogP contribution in [0.5, 0.6) is 5.75 Å². The van der Waals surface area contributed by atoms with E-state index in [1.54, 1.807) is 13.0 Å². The number of aliphatic hydroxyl groups is 1. The highest BCUT2D eigenvalue weighted by molar-refractivity contribution is 9.10. The van der Waals surface area contributed by atoms with Gasteiger partial charge in [0.25, 0.3) is 0 Å². The van der Waals surface area contributed by atoms with Gasteiger partial charge in [-0.2, -0.15) is 0 Å². The molecule has 0 heterocycles. The van der Waals surface area contributed by atoms with E-state index in [0.29, 0.717) is 5.75 Å². The first-order valence-corrected chi connectivity index (χ1v) is 6.07. The van der Waals surface area contributed by atoms with Crippen molar-refractivity contribution in [2.75, 3.05) is 7.11 Å². The van der Waals surface area contributed by atoms with Crippen LogP contribution >= 0.6 is 15.9 Å². The first-order valence-electron chi connectivity index (χ1n) is 5.15. The lowest BCUT2D eigenvalue weighted by atomic mass is 9.97. The number of halogens is 1.